The predicted molar refractivity (Wildman–Crippen MR) is 272 cm³/mol. The number of hydrogen-bond acceptors (Lipinski definition) is 15. The average molecular weight is 1050 g/mol. The minimum absolute atomic E-state index is 0.0792. The number of alkyl halides is 1. The zero-order valence-corrected chi connectivity index (χ0v) is 45.7. The van der Waals surface area contributed by atoms with Gasteiger partial charge in [0.25, 0.3) is 0 Å². The number of aliphatic hydroxyl groups is 4. The average Bonchev–Trinajstić information content (AvgIpc) is 3.20. The van der Waals surface area contributed by atoms with E-state index in [1.54, 1.807) is 20.8 Å². The smallest absolute Gasteiger partial charge is 0.407 e. The third kappa shape index (κ3) is 92.6. The summed E-state index contributed by atoms with van der Waals surface area (Å²) in [6.45, 7) is 30.0. The van der Waals surface area contributed by atoms with Crippen LogP contribution in [0.15, 0.2) is 0 Å². The fourth-order valence-electron chi connectivity index (χ4n) is 3.46. The van der Waals surface area contributed by atoms with Crippen LogP contribution in [0.5, 0.6) is 0 Å². The summed E-state index contributed by atoms with van der Waals surface area (Å²) in [7, 11) is 0. The van der Waals surface area contributed by atoms with E-state index in [0.717, 1.165) is 32.1 Å². The number of carbonyl (C=O) groups excluding carboxylic acids is 4. The lowest BCUT2D eigenvalue weighted by Crippen LogP contribution is -2.33. The third-order valence-electron chi connectivity index (χ3n) is 6.07. The molecule has 0 bridgehead atoms. The number of nitrogens with one attached hydrogen (secondary N) is 4. The summed E-state index contributed by atoms with van der Waals surface area (Å²) in [5, 5.41) is 43.9. The van der Waals surface area contributed by atoms with E-state index in [4.69, 9.17) is 66.4 Å². The second-order valence-electron chi connectivity index (χ2n) is 17.9. The molecule has 0 aliphatic heterocycles. The Hall–Kier alpha value is -3.60. The number of hydrogen-bond donors (Lipinski definition) is 8. The highest BCUT2D eigenvalue weighted by Crippen LogP contribution is 2.08. The van der Waals surface area contributed by atoms with Crippen LogP contribution >= 0.6 is 15.9 Å². The first-order valence-corrected chi connectivity index (χ1v) is 24.2. The summed E-state index contributed by atoms with van der Waals surface area (Å²) in [6.07, 6.45) is 14.3. The second kappa shape index (κ2) is 52.8. The van der Waals surface area contributed by atoms with E-state index in [-0.39, 0.29) is 32.5 Å². The van der Waals surface area contributed by atoms with E-state index in [2.05, 4.69) is 56.0 Å². The van der Waals surface area contributed by atoms with Gasteiger partial charge < -0.3 is 74.9 Å². The Balaban J connectivity index is -0.000000180. The number of ether oxygens (including phenoxy) is 7. The molecule has 0 fully saturated rings. The van der Waals surface area contributed by atoms with Gasteiger partial charge in [-0.25, -0.2) is 19.2 Å². The van der Waals surface area contributed by atoms with Gasteiger partial charge in [0.2, 0.25) is 0 Å². The quantitative estimate of drug-likeness (QED) is 0.0213. The Kier molecular flexibility index (Phi) is 58.9. The number of terminal acetylenes is 2. The molecule has 0 saturated heterocycles. The lowest BCUT2D eigenvalue weighted by molar-refractivity contribution is 0.0505. The third-order valence-corrected chi connectivity index (χ3v) is 6.40. The molecule has 0 aliphatic carbocycles. The molecular formula is C48H95BrN4O15. The van der Waals surface area contributed by atoms with Crippen molar-refractivity contribution < 1.29 is 72.8 Å². The molecular weight excluding hydrogens is 952 g/mol. The SMILES string of the molecule is C#CCBr.C#CCOCCCOCCCNC(=O)OC(C)(C)C.CC(C)(C)OC(=O)NCCCO.CC(C)(C)OC(=O)NCCCOCCCO.CCCCNC(=O)OC(C)(C)C.OCCCO. The van der Waals surface area contributed by atoms with Gasteiger partial charge in [-0.2, -0.15) is 0 Å². The maximum atomic E-state index is 11.3. The minimum Gasteiger partial charge on any atom is -0.444 e. The number of alkyl carbamates (subject to hydrolysis) is 4. The number of amides is 4. The van der Waals surface area contributed by atoms with Crippen LogP contribution in [0.25, 0.3) is 0 Å². The van der Waals surface area contributed by atoms with Crippen molar-refractivity contribution in [3.8, 4) is 24.7 Å². The normalized spacial score (nSPS) is 10.5. The van der Waals surface area contributed by atoms with Crippen molar-refractivity contribution in [2.45, 2.75) is 164 Å². The zero-order valence-electron chi connectivity index (χ0n) is 44.1. The van der Waals surface area contributed by atoms with Gasteiger partial charge in [0.15, 0.2) is 0 Å². The van der Waals surface area contributed by atoms with Crippen molar-refractivity contribution in [1.82, 2.24) is 21.3 Å². The van der Waals surface area contributed by atoms with Crippen molar-refractivity contribution in [2.24, 2.45) is 0 Å². The van der Waals surface area contributed by atoms with Gasteiger partial charge in [-0.1, -0.05) is 41.1 Å². The highest BCUT2D eigenvalue weighted by Gasteiger charge is 2.17. The van der Waals surface area contributed by atoms with Gasteiger partial charge in [-0.15, -0.1) is 12.8 Å². The molecule has 0 aromatic rings. The van der Waals surface area contributed by atoms with Crippen molar-refractivity contribution in [3.05, 3.63) is 0 Å². The minimum atomic E-state index is -0.459. The molecule has 8 N–H and O–H groups in total. The molecule has 4 amide bonds. The summed E-state index contributed by atoms with van der Waals surface area (Å²) in [6, 6.07) is 0. The van der Waals surface area contributed by atoms with Gasteiger partial charge in [0.1, 0.15) is 29.0 Å². The summed E-state index contributed by atoms with van der Waals surface area (Å²) in [5.41, 5.74) is -1.76. The number of halogens is 1. The Morgan fingerprint density at radius 2 is 0.721 bits per heavy atom. The van der Waals surface area contributed by atoms with Crippen LogP contribution in [0.1, 0.15) is 141 Å². The molecule has 0 atom stereocenters. The van der Waals surface area contributed by atoms with Crippen LogP contribution in [-0.2, 0) is 33.2 Å². The molecule has 0 saturated carbocycles. The van der Waals surface area contributed by atoms with E-state index in [1.807, 2.05) is 62.3 Å². The lowest BCUT2D eigenvalue weighted by atomic mass is 10.2. The molecule has 0 unspecified atom stereocenters. The van der Waals surface area contributed by atoms with E-state index < -0.39 is 40.7 Å². The van der Waals surface area contributed by atoms with Crippen LogP contribution in [0.2, 0.25) is 0 Å². The standard InChI is InChI=1S/C14H25NO4.C11H23NO4.C9H19NO2.C8H17NO3.C3H3Br.C3H8O2/c1-5-9-17-11-7-12-18-10-6-8-15-13(16)19-14(2,3)4;1-11(2,3)16-10(14)12-6-4-8-15-9-5-7-13;1-5-6-7-10-8(11)12-9(2,3)4;1-8(2,3)12-7(11)9-5-4-6-10;1-2-3-4;4-2-1-3-5/h1H,6-12H2,2-4H3,(H,15,16);13H,4-9H2,1-3H3,(H,12,14);5-7H2,1-4H3,(H,10,11);10H,4-6H2,1-3H3,(H,9,11);1H,3H2;4-5H,1-3H2. The number of carbonyl (C=O) groups is 4. The lowest BCUT2D eigenvalue weighted by Gasteiger charge is -2.19. The first-order valence-electron chi connectivity index (χ1n) is 23.1. The van der Waals surface area contributed by atoms with Crippen molar-refractivity contribution >= 4 is 40.3 Å². The molecule has 404 valence electrons. The van der Waals surface area contributed by atoms with E-state index in [0.29, 0.717) is 90.4 Å². The number of unbranched alkanes of at least 4 members (excludes halogenated alkanes) is 1. The first-order chi connectivity index (χ1) is 31.6. The maximum absolute atomic E-state index is 11.3. The largest absolute Gasteiger partial charge is 0.444 e. The fraction of sp³-hybridized carbons (Fsp3) is 0.833. The predicted octanol–water partition coefficient (Wildman–Crippen LogP) is 6.84. The second-order valence-corrected chi connectivity index (χ2v) is 18.5. The van der Waals surface area contributed by atoms with Crippen LogP contribution in [0.4, 0.5) is 19.2 Å². The molecule has 19 nitrogen and oxygen atoms in total. The maximum Gasteiger partial charge on any atom is 0.407 e. The number of rotatable bonds is 24. The van der Waals surface area contributed by atoms with E-state index >= 15 is 0 Å². The summed E-state index contributed by atoms with van der Waals surface area (Å²) in [4.78, 5) is 44.4. The van der Waals surface area contributed by atoms with Gasteiger partial charge >= 0.3 is 24.4 Å². The highest BCUT2D eigenvalue weighted by molar-refractivity contribution is 9.09. The first kappa shape index (κ1) is 75.9. The van der Waals surface area contributed by atoms with Gasteiger partial charge in [-0.3, -0.25) is 0 Å². The Bertz CT molecular complexity index is 1200. The van der Waals surface area contributed by atoms with Crippen LogP contribution in [0, 0.1) is 24.7 Å². The summed E-state index contributed by atoms with van der Waals surface area (Å²) in [5.74, 6) is 4.75. The molecule has 20 heteroatoms. The van der Waals surface area contributed by atoms with Crippen LogP contribution in [0.3, 0.4) is 0 Å². The van der Waals surface area contributed by atoms with Gasteiger partial charge in [-0.05, 0) is 128 Å². The van der Waals surface area contributed by atoms with E-state index in [1.165, 1.54) is 0 Å². The Morgan fingerprint density at radius 1 is 0.441 bits per heavy atom. The van der Waals surface area contributed by atoms with Crippen molar-refractivity contribution in [1.29, 1.82) is 0 Å². The summed E-state index contributed by atoms with van der Waals surface area (Å²) >= 11 is 3.01. The van der Waals surface area contributed by atoms with Crippen molar-refractivity contribution in [3.63, 3.8) is 0 Å². The van der Waals surface area contributed by atoms with Gasteiger partial charge in [0, 0.05) is 79.0 Å². The molecule has 0 rings (SSSR count). The molecule has 0 heterocycles. The summed E-state index contributed by atoms with van der Waals surface area (Å²) < 4.78 is 35.8. The molecule has 0 spiro atoms. The molecule has 0 aliphatic rings. The topological polar surface area (TPSA) is 262 Å². The zero-order chi connectivity index (χ0) is 53.8. The molecule has 0 radical (unpaired) electrons. The van der Waals surface area contributed by atoms with Crippen LogP contribution in [-0.4, -0.2) is 165 Å². The highest BCUT2D eigenvalue weighted by atomic mass is 79.9. The molecule has 0 aromatic heterocycles. The number of aliphatic hydroxyl groups excluding tert-OH is 4. The van der Waals surface area contributed by atoms with E-state index in [9.17, 15) is 19.2 Å². The fourth-order valence-corrected chi connectivity index (χ4v) is 3.46. The monoisotopic (exact) mass is 1050 g/mol. The Morgan fingerprint density at radius 3 is 0.985 bits per heavy atom. The van der Waals surface area contributed by atoms with Crippen molar-refractivity contribution in [2.75, 3.05) is 97.6 Å². The van der Waals surface area contributed by atoms with Gasteiger partial charge in [0.05, 0.1) is 11.9 Å². The molecule has 68 heavy (non-hydrogen) atoms. The molecule has 0 aromatic carbocycles. The van der Waals surface area contributed by atoms with Crippen LogP contribution < -0.4 is 21.3 Å². The Labute approximate surface area is 419 Å².